The van der Waals surface area contributed by atoms with Crippen LogP contribution in [0, 0.1) is 0 Å². The number of thioether (sulfide) groups is 1. The van der Waals surface area contributed by atoms with Crippen LogP contribution in [0.25, 0.3) is 0 Å². The standard InChI is InChI=1S/C11H15F3N2S/c1-16(5-6-17-11(12,13)14)8-9-3-2-4-10(15)7-9/h2-4,7H,5-6,8,15H2,1H3. The molecule has 0 aliphatic heterocycles. The highest BCUT2D eigenvalue weighted by Gasteiger charge is 2.27. The number of benzene rings is 1. The first-order valence-electron chi connectivity index (χ1n) is 5.10. The summed E-state index contributed by atoms with van der Waals surface area (Å²) in [4.78, 5) is 1.84. The van der Waals surface area contributed by atoms with Gasteiger partial charge in [-0.15, -0.1) is 0 Å². The van der Waals surface area contributed by atoms with Crippen molar-refractivity contribution in [3.63, 3.8) is 0 Å². The molecule has 0 atom stereocenters. The molecule has 0 heterocycles. The van der Waals surface area contributed by atoms with E-state index in [4.69, 9.17) is 5.73 Å². The molecule has 1 aromatic carbocycles. The first-order valence-corrected chi connectivity index (χ1v) is 6.09. The molecule has 6 heteroatoms. The predicted octanol–water partition coefficient (Wildman–Crippen LogP) is 2.95. The van der Waals surface area contributed by atoms with E-state index in [1.54, 1.807) is 13.1 Å². The maximum Gasteiger partial charge on any atom is 0.441 e. The van der Waals surface area contributed by atoms with Gasteiger partial charge in [-0.2, -0.15) is 13.2 Å². The van der Waals surface area contributed by atoms with E-state index < -0.39 is 5.51 Å². The maximum atomic E-state index is 11.9. The fraction of sp³-hybridized carbons (Fsp3) is 0.455. The molecule has 0 bridgehead atoms. The van der Waals surface area contributed by atoms with E-state index in [1.807, 2.05) is 23.1 Å². The second kappa shape index (κ2) is 6.16. The summed E-state index contributed by atoms with van der Waals surface area (Å²) in [6.45, 7) is 0.989. The number of anilines is 1. The van der Waals surface area contributed by atoms with Crippen LogP contribution in [-0.2, 0) is 6.54 Å². The monoisotopic (exact) mass is 264 g/mol. The van der Waals surface area contributed by atoms with Gasteiger partial charge in [0, 0.05) is 24.5 Å². The number of hydrogen-bond donors (Lipinski definition) is 1. The van der Waals surface area contributed by atoms with E-state index >= 15 is 0 Å². The summed E-state index contributed by atoms with van der Waals surface area (Å²) in [5.41, 5.74) is 3.15. The Morgan fingerprint density at radius 2 is 2.06 bits per heavy atom. The van der Waals surface area contributed by atoms with Crippen LogP contribution in [0.5, 0.6) is 0 Å². The van der Waals surface area contributed by atoms with Crippen LogP contribution in [0.3, 0.4) is 0 Å². The lowest BCUT2D eigenvalue weighted by atomic mass is 10.2. The zero-order valence-corrected chi connectivity index (χ0v) is 10.3. The molecule has 0 saturated carbocycles. The maximum absolute atomic E-state index is 11.9. The van der Waals surface area contributed by atoms with Crippen LogP contribution in [0.1, 0.15) is 5.56 Å². The first kappa shape index (κ1) is 14.2. The zero-order valence-electron chi connectivity index (χ0n) is 9.50. The van der Waals surface area contributed by atoms with Gasteiger partial charge in [0.15, 0.2) is 0 Å². The van der Waals surface area contributed by atoms with Crippen molar-refractivity contribution in [3.05, 3.63) is 29.8 Å². The molecule has 0 spiro atoms. The van der Waals surface area contributed by atoms with Crippen LogP contribution >= 0.6 is 11.8 Å². The van der Waals surface area contributed by atoms with Gasteiger partial charge < -0.3 is 10.6 Å². The summed E-state index contributed by atoms with van der Waals surface area (Å²) in [7, 11) is 1.79. The van der Waals surface area contributed by atoms with E-state index in [0.717, 1.165) is 5.56 Å². The Kier molecular flexibility index (Phi) is 5.14. The Labute approximate surface area is 103 Å². The largest absolute Gasteiger partial charge is 0.441 e. The second-order valence-electron chi connectivity index (χ2n) is 3.78. The molecule has 1 aromatic rings. The van der Waals surface area contributed by atoms with E-state index in [0.29, 0.717) is 18.8 Å². The Morgan fingerprint density at radius 3 is 2.65 bits per heavy atom. The lowest BCUT2D eigenvalue weighted by Gasteiger charge is -2.17. The molecule has 2 N–H and O–H groups in total. The molecule has 96 valence electrons. The molecule has 0 aromatic heterocycles. The molecule has 0 radical (unpaired) electrons. The van der Waals surface area contributed by atoms with Crippen LogP contribution in [0.4, 0.5) is 18.9 Å². The fourth-order valence-corrected chi connectivity index (χ4v) is 2.03. The van der Waals surface area contributed by atoms with Gasteiger partial charge in [0.05, 0.1) is 0 Å². The molecular weight excluding hydrogens is 249 g/mol. The number of nitrogen functional groups attached to an aromatic ring is 1. The Bertz CT molecular complexity index is 355. The normalized spacial score (nSPS) is 12.1. The van der Waals surface area contributed by atoms with E-state index in [2.05, 4.69) is 0 Å². The minimum absolute atomic E-state index is 0.00925. The molecule has 2 nitrogen and oxygen atoms in total. The molecule has 1 rings (SSSR count). The highest BCUT2D eigenvalue weighted by Crippen LogP contribution is 2.29. The number of rotatable bonds is 5. The molecule has 17 heavy (non-hydrogen) atoms. The van der Waals surface area contributed by atoms with Gasteiger partial charge in [0.2, 0.25) is 0 Å². The molecule has 0 fully saturated rings. The topological polar surface area (TPSA) is 29.3 Å². The van der Waals surface area contributed by atoms with Gasteiger partial charge >= 0.3 is 5.51 Å². The second-order valence-corrected chi connectivity index (χ2v) is 4.94. The third kappa shape index (κ3) is 6.43. The smallest absolute Gasteiger partial charge is 0.399 e. The summed E-state index contributed by atoms with van der Waals surface area (Å²) in [6.07, 6.45) is 0. The highest BCUT2D eigenvalue weighted by molar-refractivity contribution is 8.00. The predicted molar refractivity (Wildman–Crippen MR) is 65.7 cm³/mol. The summed E-state index contributed by atoms with van der Waals surface area (Å²) in [5, 5.41) is 0. The lowest BCUT2D eigenvalue weighted by Crippen LogP contribution is -2.22. The van der Waals surface area contributed by atoms with Crippen LogP contribution in [-0.4, -0.2) is 29.8 Å². The Morgan fingerprint density at radius 1 is 1.35 bits per heavy atom. The third-order valence-electron chi connectivity index (χ3n) is 2.14. The van der Waals surface area contributed by atoms with Crippen LogP contribution < -0.4 is 5.73 Å². The van der Waals surface area contributed by atoms with Crippen LogP contribution in [0.2, 0.25) is 0 Å². The number of halogens is 3. The van der Waals surface area contributed by atoms with E-state index in [1.165, 1.54) is 0 Å². The van der Waals surface area contributed by atoms with Crippen molar-refractivity contribution >= 4 is 17.4 Å². The molecule has 0 aliphatic rings. The summed E-state index contributed by atoms with van der Waals surface area (Å²) in [6, 6.07) is 7.35. The van der Waals surface area contributed by atoms with Gasteiger partial charge in [-0.1, -0.05) is 12.1 Å². The van der Waals surface area contributed by atoms with Crippen molar-refractivity contribution in [1.82, 2.24) is 4.90 Å². The number of nitrogens with zero attached hydrogens (tertiary/aromatic N) is 1. The van der Waals surface area contributed by atoms with Gasteiger partial charge in [0.25, 0.3) is 0 Å². The van der Waals surface area contributed by atoms with Crippen molar-refractivity contribution < 1.29 is 13.2 Å². The molecule has 0 aliphatic carbocycles. The summed E-state index contributed by atoms with van der Waals surface area (Å²) >= 11 is 0.00925. The summed E-state index contributed by atoms with van der Waals surface area (Å²) < 4.78 is 35.7. The minimum Gasteiger partial charge on any atom is -0.399 e. The Balaban J connectivity index is 2.32. The number of nitrogens with two attached hydrogens (primary N) is 1. The third-order valence-corrected chi connectivity index (χ3v) is 2.86. The fourth-order valence-electron chi connectivity index (χ4n) is 1.40. The SMILES string of the molecule is CN(CCSC(F)(F)F)Cc1cccc(N)c1. The quantitative estimate of drug-likeness (QED) is 0.829. The van der Waals surface area contributed by atoms with Gasteiger partial charge in [-0.05, 0) is 36.5 Å². The minimum atomic E-state index is -4.14. The molecular formula is C11H15F3N2S. The molecule has 0 unspecified atom stereocenters. The Hall–Kier alpha value is -0.880. The van der Waals surface area contributed by atoms with Gasteiger partial charge in [-0.3, -0.25) is 0 Å². The van der Waals surface area contributed by atoms with Crippen molar-refractivity contribution in [2.45, 2.75) is 12.1 Å². The summed E-state index contributed by atoms with van der Waals surface area (Å²) in [5.74, 6) is 0.0440. The van der Waals surface area contributed by atoms with Gasteiger partial charge in [0.1, 0.15) is 0 Å². The van der Waals surface area contributed by atoms with Crippen molar-refractivity contribution in [2.75, 3.05) is 25.1 Å². The van der Waals surface area contributed by atoms with E-state index in [9.17, 15) is 13.2 Å². The average Bonchev–Trinajstić information content (AvgIpc) is 2.15. The first-order chi connectivity index (χ1) is 7.87. The van der Waals surface area contributed by atoms with Crippen molar-refractivity contribution in [2.24, 2.45) is 0 Å². The van der Waals surface area contributed by atoms with Crippen LogP contribution in [0.15, 0.2) is 24.3 Å². The molecule has 0 saturated heterocycles. The number of alkyl halides is 3. The van der Waals surface area contributed by atoms with Crippen molar-refractivity contribution in [3.8, 4) is 0 Å². The average molecular weight is 264 g/mol. The molecule has 0 amide bonds. The van der Waals surface area contributed by atoms with E-state index in [-0.39, 0.29) is 17.5 Å². The van der Waals surface area contributed by atoms with Crippen molar-refractivity contribution in [1.29, 1.82) is 0 Å². The highest BCUT2D eigenvalue weighted by atomic mass is 32.2. The lowest BCUT2D eigenvalue weighted by molar-refractivity contribution is -0.0328. The zero-order chi connectivity index (χ0) is 12.9. The number of hydrogen-bond acceptors (Lipinski definition) is 3. The van der Waals surface area contributed by atoms with Gasteiger partial charge in [-0.25, -0.2) is 0 Å².